The van der Waals surface area contributed by atoms with Crippen LogP contribution in [0.1, 0.15) is 30.0 Å². The van der Waals surface area contributed by atoms with Crippen LogP contribution in [0.15, 0.2) is 72.8 Å². The molecule has 0 aliphatic heterocycles. The van der Waals surface area contributed by atoms with Gasteiger partial charge in [0.05, 0.1) is 6.04 Å². The first-order valence-electron chi connectivity index (χ1n) is 8.40. The predicted octanol–water partition coefficient (Wildman–Crippen LogP) is 4.10. The molecule has 2 nitrogen and oxygen atoms in total. The maximum absolute atomic E-state index is 12.8. The van der Waals surface area contributed by atoms with Crippen LogP contribution in [-0.4, -0.2) is 5.91 Å². The molecule has 3 atom stereocenters. The molecule has 0 saturated heterocycles. The van der Waals surface area contributed by atoms with E-state index in [2.05, 4.69) is 41.7 Å². The van der Waals surface area contributed by atoms with Gasteiger partial charge in [-0.25, -0.2) is 0 Å². The van der Waals surface area contributed by atoms with Gasteiger partial charge in [-0.1, -0.05) is 72.8 Å². The van der Waals surface area contributed by atoms with Crippen molar-refractivity contribution >= 4 is 5.91 Å². The zero-order chi connectivity index (χ0) is 15.6. The summed E-state index contributed by atoms with van der Waals surface area (Å²) in [6.45, 7) is 0. The van der Waals surface area contributed by atoms with Crippen molar-refractivity contribution in [1.82, 2.24) is 5.32 Å². The second kappa shape index (κ2) is 6.04. The summed E-state index contributed by atoms with van der Waals surface area (Å²) in [5.74, 6) is 1.38. The molecule has 0 heterocycles. The molecule has 2 aromatic rings. The molecule has 1 saturated carbocycles. The minimum Gasteiger partial charge on any atom is -0.345 e. The lowest BCUT2D eigenvalue weighted by atomic mass is 9.91. The monoisotopic (exact) mass is 303 g/mol. The van der Waals surface area contributed by atoms with Gasteiger partial charge in [-0.15, -0.1) is 0 Å². The highest BCUT2D eigenvalue weighted by Gasteiger charge is 2.40. The fraction of sp³-hybridized carbons (Fsp3) is 0.286. The van der Waals surface area contributed by atoms with Gasteiger partial charge < -0.3 is 5.32 Å². The van der Waals surface area contributed by atoms with E-state index in [1.54, 1.807) is 0 Å². The van der Waals surface area contributed by atoms with Crippen LogP contribution >= 0.6 is 0 Å². The second-order valence-corrected chi connectivity index (χ2v) is 6.65. The summed E-state index contributed by atoms with van der Waals surface area (Å²) in [5, 5.41) is 3.30. The lowest BCUT2D eigenvalue weighted by Gasteiger charge is -2.24. The number of fused-ring (bicyclic) bond motifs is 2. The molecule has 116 valence electrons. The molecule has 1 fully saturated rings. The van der Waals surface area contributed by atoms with Crippen LogP contribution in [0.4, 0.5) is 0 Å². The normalized spacial score (nSPS) is 25.0. The fourth-order valence-electron chi connectivity index (χ4n) is 3.98. The molecule has 0 unspecified atom stereocenters. The summed E-state index contributed by atoms with van der Waals surface area (Å²) in [6, 6.07) is 20.4. The molecule has 2 heteroatoms. The Balaban J connectivity index is 1.59. The first-order chi connectivity index (χ1) is 11.3. The average Bonchev–Trinajstić information content (AvgIpc) is 3.24. The van der Waals surface area contributed by atoms with E-state index >= 15 is 0 Å². The van der Waals surface area contributed by atoms with Gasteiger partial charge in [0.2, 0.25) is 5.91 Å². The summed E-state index contributed by atoms with van der Waals surface area (Å²) < 4.78 is 0. The van der Waals surface area contributed by atoms with Crippen molar-refractivity contribution in [3.63, 3.8) is 0 Å². The Hall–Kier alpha value is -2.35. The van der Waals surface area contributed by atoms with E-state index in [0.29, 0.717) is 11.8 Å². The van der Waals surface area contributed by atoms with Gasteiger partial charge in [0.1, 0.15) is 0 Å². The maximum Gasteiger partial charge on any atom is 0.224 e. The Morgan fingerprint density at radius 1 is 0.870 bits per heavy atom. The minimum atomic E-state index is -0.0759. The van der Waals surface area contributed by atoms with Crippen LogP contribution in [0.2, 0.25) is 0 Å². The second-order valence-electron chi connectivity index (χ2n) is 6.65. The van der Waals surface area contributed by atoms with Crippen LogP contribution in [0.5, 0.6) is 0 Å². The molecule has 2 aliphatic rings. The minimum absolute atomic E-state index is 0.0759. The van der Waals surface area contributed by atoms with Crippen LogP contribution in [0.3, 0.4) is 0 Å². The van der Waals surface area contributed by atoms with Crippen LogP contribution in [0, 0.1) is 17.8 Å². The summed E-state index contributed by atoms with van der Waals surface area (Å²) >= 11 is 0. The predicted molar refractivity (Wildman–Crippen MR) is 91.7 cm³/mol. The number of nitrogens with one attached hydrogen (secondary N) is 1. The largest absolute Gasteiger partial charge is 0.345 e. The highest BCUT2D eigenvalue weighted by Crippen LogP contribution is 2.43. The number of amides is 1. The zero-order valence-electron chi connectivity index (χ0n) is 13.1. The lowest BCUT2D eigenvalue weighted by Crippen LogP contribution is -2.36. The van der Waals surface area contributed by atoms with E-state index in [4.69, 9.17) is 0 Å². The third-order valence-corrected chi connectivity index (χ3v) is 5.17. The third-order valence-electron chi connectivity index (χ3n) is 5.17. The van der Waals surface area contributed by atoms with Crippen molar-refractivity contribution in [3.05, 3.63) is 83.9 Å². The number of hydrogen-bond acceptors (Lipinski definition) is 1. The molecule has 2 bridgehead atoms. The average molecular weight is 303 g/mol. The Kier molecular flexibility index (Phi) is 3.74. The van der Waals surface area contributed by atoms with E-state index in [1.165, 1.54) is 0 Å². The number of carbonyl (C=O) groups excluding carboxylic acids is 1. The smallest absolute Gasteiger partial charge is 0.224 e. The number of hydrogen-bond donors (Lipinski definition) is 1. The molecule has 2 aliphatic carbocycles. The first-order valence-corrected chi connectivity index (χ1v) is 8.40. The van der Waals surface area contributed by atoms with E-state index in [1.807, 2.05) is 36.4 Å². The molecular formula is C21H21NO. The van der Waals surface area contributed by atoms with Gasteiger partial charge in [-0.05, 0) is 35.8 Å². The lowest BCUT2D eigenvalue weighted by molar-refractivity contribution is -0.126. The molecule has 1 amide bonds. The third kappa shape index (κ3) is 2.81. The number of allylic oxidation sites excluding steroid dienone is 2. The Labute approximate surface area is 137 Å². The SMILES string of the molecule is O=C(NC(c1ccccc1)c1ccccc1)[C@@H]1C[C@H]2C=C[C@H]1C2. The number of benzene rings is 2. The molecule has 4 rings (SSSR count). The highest BCUT2D eigenvalue weighted by atomic mass is 16.2. The van der Waals surface area contributed by atoms with Gasteiger partial charge in [0.15, 0.2) is 0 Å². The molecule has 2 aromatic carbocycles. The van der Waals surface area contributed by atoms with Crippen LogP contribution < -0.4 is 5.32 Å². The van der Waals surface area contributed by atoms with Crippen molar-refractivity contribution in [2.24, 2.45) is 17.8 Å². The van der Waals surface area contributed by atoms with Gasteiger partial charge >= 0.3 is 0 Å². The van der Waals surface area contributed by atoms with Crippen molar-refractivity contribution in [2.45, 2.75) is 18.9 Å². The topological polar surface area (TPSA) is 29.1 Å². The Bertz CT molecular complexity index is 668. The summed E-state index contributed by atoms with van der Waals surface area (Å²) in [5.41, 5.74) is 2.26. The summed E-state index contributed by atoms with van der Waals surface area (Å²) in [4.78, 5) is 12.8. The van der Waals surface area contributed by atoms with E-state index in [0.717, 1.165) is 24.0 Å². The number of carbonyl (C=O) groups is 1. The standard InChI is InChI=1S/C21H21NO/c23-21(19-14-15-11-12-18(19)13-15)22-20(16-7-3-1-4-8-16)17-9-5-2-6-10-17/h1-12,15,18-20H,13-14H2,(H,22,23)/t15-,18-,19+/m0/s1. The van der Waals surface area contributed by atoms with Gasteiger partial charge in [0, 0.05) is 5.92 Å². The number of rotatable bonds is 4. The Morgan fingerprint density at radius 3 is 1.96 bits per heavy atom. The van der Waals surface area contributed by atoms with Crippen LogP contribution in [-0.2, 0) is 4.79 Å². The van der Waals surface area contributed by atoms with Crippen molar-refractivity contribution in [3.8, 4) is 0 Å². The molecule has 0 spiro atoms. The Morgan fingerprint density at radius 2 is 1.48 bits per heavy atom. The molecule has 1 N–H and O–H groups in total. The van der Waals surface area contributed by atoms with Gasteiger partial charge in [-0.3, -0.25) is 4.79 Å². The maximum atomic E-state index is 12.8. The molecule has 23 heavy (non-hydrogen) atoms. The molecule has 0 radical (unpaired) electrons. The molecular weight excluding hydrogens is 282 g/mol. The summed E-state index contributed by atoms with van der Waals surface area (Å²) in [7, 11) is 0. The summed E-state index contributed by atoms with van der Waals surface area (Å²) in [6.07, 6.45) is 6.67. The van der Waals surface area contributed by atoms with E-state index in [-0.39, 0.29) is 17.9 Å². The zero-order valence-corrected chi connectivity index (χ0v) is 13.1. The van der Waals surface area contributed by atoms with Crippen LogP contribution in [0.25, 0.3) is 0 Å². The van der Waals surface area contributed by atoms with Gasteiger partial charge in [0.25, 0.3) is 0 Å². The molecule has 0 aromatic heterocycles. The van der Waals surface area contributed by atoms with Gasteiger partial charge in [-0.2, -0.15) is 0 Å². The first kappa shape index (κ1) is 14.3. The van der Waals surface area contributed by atoms with E-state index in [9.17, 15) is 4.79 Å². The quantitative estimate of drug-likeness (QED) is 0.846. The van der Waals surface area contributed by atoms with Crippen molar-refractivity contribution in [1.29, 1.82) is 0 Å². The van der Waals surface area contributed by atoms with E-state index < -0.39 is 0 Å². The van der Waals surface area contributed by atoms with Crippen molar-refractivity contribution < 1.29 is 4.79 Å². The van der Waals surface area contributed by atoms with Crippen molar-refractivity contribution in [2.75, 3.05) is 0 Å². The fourth-order valence-corrected chi connectivity index (χ4v) is 3.98. The highest BCUT2D eigenvalue weighted by molar-refractivity contribution is 5.81.